The molecule has 0 spiro atoms. The van der Waals surface area contributed by atoms with E-state index in [1.165, 1.54) is 18.2 Å². The number of carbonyl (C=O) groups excluding carboxylic acids is 1. The molecular weight excluding hydrogens is 283 g/mol. The summed E-state index contributed by atoms with van der Waals surface area (Å²) in [6, 6.07) is 4.14. The van der Waals surface area contributed by atoms with E-state index >= 15 is 0 Å². The van der Waals surface area contributed by atoms with Crippen LogP contribution in [0.4, 0.5) is 10.1 Å². The summed E-state index contributed by atoms with van der Waals surface area (Å²) in [5.41, 5.74) is 0.527. The molecule has 0 aromatic heterocycles. The molecule has 1 unspecified atom stereocenters. The van der Waals surface area contributed by atoms with Crippen LogP contribution in [0.15, 0.2) is 18.2 Å². The summed E-state index contributed by atoms with van der Waals surface area (Å²) < 4.78 is 18.5. The molecule has 0 bridgehead atoms. The molecular formula is C14H20ClFN2O2. The molecule has 1 aromatic rings. The van der Waals surface area contributed by atoms with Crippen LogP contribution in [0.3, 0.4) is 0 Å². The molecule has 0 radical (unpaired) electrons. The number of hydrogen-bond donors (Lipinski definition) is 2. The highest BCUT2D eigenvalue weighted by molar-refractivity contribution is 5.94. The Morgan fingerprint density at radius 1 is 1.55 bits per heavy atom. The molecule has 2 rings (SSSR count). The Morgan fingerprint density at radius 3 is 3.00 bits per heavy atom. The van der Waals surface area contributed by atoms with E-state index < -0.39 is 0 Å². The summed E-state index contributed by atoms with van der Waals surface area (Å²) in [4.78, 5) is 12.1. The number of hydrogen-bond acceptors (Lipinski definition) is 3. The zero-order valence-electron chi connectivity index (χ0n) is 11.4. The average Bonchev–Trinajstić information content (AvgIpc) is 2.43. The monoisotopic (exact) mass is 302 g/mol. The predicted octanol–water partition coefficient (Wildman–Crippen LogP) is 2.58. The third kappa shape index (κ3) is 4.35. The molecule has 4 nitrogen and oxygen atoms in total. The van der Waals surface area contributed by atoms with Gasteiger partial charge in [0.1, 0.15) is 11.6 Å². The summed E-state index contributed by atoms with van der Waals surface area (Å²) >= 11 is 0. The molecule has 0 aliphatic carbocycles. The molecule has 2 N–H and O–H groups in total. The van der Waals surface area contributed by atoms with E-state index in [4.69, 9.17) is 4.74 Å². The highest BCUT2D eigenvalue weighted by Gasteiger charge is 2.21. The van der Waals surface area contributed by atoms with Gasteiger partial charge < -0.3 is 15.4 Å². The SMILES string of the molecule is CCOc1cc(F)ccc1NC(=O)C1CCCNC1.Cl. The zero-order valence-corrected chi connectivity index (χ0v) is 12.3. The van der Waals surface area contributed by atoms with Gasteiger partial charge in [0.15, 0.2) is 0 Å². The topological polar surface area (TPSA) is 50.4 Å². The molecule has 1 aliphatic heterocycles. The van der Waals surface area contributed by atoms with Gasteiger partial charge in [0.2, 0.25) is 5.91 Å². The number of halogens is 2. The number of benzene rings is 1. The number of amides is 1. The first-order valence-electron chi connectivity index (χ1n) is 6.64. The quantitative estimate of drug-likeness (QED) is 0.899. The van der Waals surface area contributed by atoms with E-state index in [1.54, 1.807) is 0 Å². The number of nitrogens with one attached hydrogen (secondary N) is 2. The normalized spacial score (nSPS) is 18.0. The van der Waals surface area contributed by atoms with Crippen LogP contribution in [-0.4, -0.2) is 25.6 Å². The maximum absolute atomic E-state index is 13.2. The smallest absolute Gasteiger partial charge is 0.228 e. The standard InChI is InChI=1S/C14H19FN2O2.ClH/c1-2-19-13-8-11(15)5-6-12(13)17-14(18)10-4-3-7-16-9-10;/h5-6,8,10,16H,2-4,7,9H2,1H3,(H,17,18);1H. The third-order valence-electron chi connectivity index (χ3n) is 3.17. The third-order valence-corrected chi connectivity index (χ3v) is 3.17. The molecule has 1 atom stereocenters. The molecule has 6 heteroatoms. The average molecular weight is 303 g/mol. The maximum Gasteiger partial charge on any atom is 0.228 e. The Kier molecular flexibility index (Phi) is 6.75. The fraction of sp³-hybridized carbons (Fsp3) is 0.500. The van der Waals surface area contributed by atoms with Gasteiger partial charge in [-0.05, 0) is 38.4 Å². The van der Waals surface area contributed by atoms with Crippen LogP contribution in [-0.2, 0) is 4.79 Å². The van der Waals surface area contributed by atoms with Crippen molar-refractivity contribution in [2.24, 2.45) is 5.92 Å². The van der Waals surface area contributed by atoms with Gasteiger partial charge in [0.25, 0.3) is 0 Å². The Morgan fingerprint density at radius 2 is 2.35 bits per heavy atom. The lowest BCUT2D eigenvalue weighted by molar-refractivity contribution is -0.120. The van der Waals surface area contributed by atoms with Crippen molar-refractivity contribution < 1.29 is 13.9 Å². The Labute approximate surface area is 124 Å². The highest BCUT2D eigenvalue weighted by Crippen LogP contribution is 2.26. The molecule has 112 valence electrons. The van der Waals surface area contributed by atoms with E-state index in [-0.39, 0.29) is 30.0 Å². The Bertz CT molecular complexity index is 451. The van der Waals surface area contributed by atoms with Crippen LogP contribution in [0.1, 0.15) is 19.8 Å². The van der Waals surface area contributed by atoms with Crippen molar-refractivity contribution in [1.82, 2.24) is 5.32 Å². The second kappa shape index (κ2) is 8.07. The van der Waals surface area contributed by atoms with Gasteiger partial charge in [0, 0.05) is 12.6 Å². The number of ether oxygens (including phenoxy) is 1. The van der Waals surface area contributed by atoms with Crippen molar-refractivity contribution in [3.8, 4) is 5.75 Å². The molecule has 0 saturated carbocycles. The lowest BCUT2D eigenvalue weighted by Crippen LogP contribution is -2.37. The second-order valence-electron chi connectivity index (χ2n) is 4.61. The van der Waals surface area contributed by atoms with Crippen LogP contribution >= 0.6 is 12.4 Å². The fourth-order valence-electron chi connectivity index (χ4n) is 2.18. The molecule has 1 fully saturated rings. The van der Waals surface area contributed by atoms with E-state index in [2.05, 4.69) is 10.6 Å². The molecule has 20 heavy (non-hydrogen) atoms. The minimum Gasteiger partial charge on any atom is -0.492 e. The molecule has 1 aliphatic rings. The van der Waals surface area contributed by atoms with E-state index in [9.17, 15) is 9.18 Å². The highest BCUT2D eigenvalue weighted by atomic mass is 35.5. The predicted molar refractivity (Wildman–Crippen MR) is 79.0 cm³/mol. The number of carbonyl (C=O) groups is 1. The summed E-state index contributed by atoms with van der Waals surface area (Å²) in [5.74, 6) is -0.0755. The Hall–Kier alpha value is -1.33. The number of piperidine rings is 1. The maximum atomic E-state index is 13.2. The van der Waals surface area contributed by atoms with Crippen molar-refractivity contribution in [2.45, 2.75) is 19.8 Å². The van der Waals surface area contributed by atoms with Gasteiger partial charge in [-0.2, -0.15) is 0 Å². The molecule has 1 heterocycles. The van der Waals surface area contributed by atoms with Crippen molar-refractivity contribution in [3.63, 3.8) is 0 Å². The van der Waals surface area contributed by atoms with Gasteiger partial charge in [-0.3, -0.25) is 4.79 Å². The number of anilines is 1. The van der Waals surface area contributed by atoms with Crippen molar-refractivity contribution in [3.05, 3.63) is 24.0 Å². The van der Waals surface area contributed by atoms with Crippen LogP contribution in [0.5, 0.6) is 5.75 Å². The van der Waals surface area contributed by atoms with Crippen molar-refractivity contribution in [1.29, 1.82) is 0 Å². The van der Waals surface area contributed by atoms with Gasteiger partial charge in [-0.25, -0.2) is 4.39 Å². The van der Waals surface area contributed by atoms with Crippen LogP contribution in [0, 0.1) is 11.7 Å². The van der Waals surface area contributed by atoms with E-state index in [0.29, 0.717) is 24.6 Å². The fourth-order valence-corrected chi connectivity index (χ4v) is 2.18. The molecule has 1 amide bonds. The first-order chi connectivity index (χ1) is 9.20. The van der Waals surface area contributed by atoms with E-state index in [1.807, 2.05) is 6.92 Å². The van der Waals surface area contributed by atoms with Crippen LogP contribution in [0.2, 0.25) is 0 Å². The first kappa shape index (κ1) is 16.7. The zero-order chi connectivity index (χ0) is 13.7. The second-order valence-corrected chi connectivity index (χ2v) is 4.61. The Balaban J connectivity index is 0.00000200. The van der Waals surface area contributed by atoms with Gasteiger partial charge >= 0.3 is 0 Å². The van der Waals surface area contributed by atoms with Gasteiger partial charge in [-0.15, -0.1) is 12.4 Å². The van der Waals surface area contributed by atoms with Crippen molar-refractivity contribution in [2.75, 3.05) is 25.0 Å². The largest absolute Gasteiger partial charge is 0.492 e. The number of rotatable bonds is 4. The lowest BCUT2D eigenvalue weighted by Gasteiger charge is -2.22. The van der Waals surface area contributed by atoms with Crippen LogP contribution < -0.4 is 15.4 Å². The minimum atomic E-state index is -0.374. The summed E-state index contributed by atoms with van der Waals surface area (Å²) in [5, 5.41) is 6.02. The molecule has 1 aromatic carbocycles. The minimum absolute atomic E-state index is 0. The summed E-state index contributed by atoms with van der Waals surface area (Å²) in [6.07, 6.45) is 1.88. The lowest BCUT2D eigenvalue weighted by atomic mass is 9.99. The van der Waals surface area contributed by atoms with Gasteiger partial charge in [0.05, 0.1) is 18.2 Å². The van der Waals surface area contributed by atoms with Crippen molar-refractivity contribution >= 4 is 24.0 Å². The first-order valence-corrected chi connectivity index (χ1v) is 6.64. The summed E-state index contributed by atoms with van der Waals surface area (Å²) in [6.45, 7) is 3.90. The molecule has 1 saturated heterocycles. The van der Waals surface area contributed by atoms with Gasteiger partial charge in [-0.1, -0.05) is 0 Å². The van der Waals surface area contributed by atoms with E-state index in [0.717, 1.165) is 19.4 Å². The summed E-state index contributed by atoms with van der Waals surface area (Å²) in [7, 11) is 0. The van der Waals surface area contributed by atoms with Crippen LogP contribution in [0.25, 0.3) is 0 Å².